The van der Waals surface area contributed by atoms with Crippen molar-refractivity contribution in [3.05, 3.63) is 118 Å². The lowest BCUT2D eigenvalue weighted by Gasteiger charge is -2.08. The van der Waals surface area contributed by atoms with Crippen molar-refractivity contribution in [1.82, 2.24) is 0 Å². The van der Waals surface area contributed by atoms with Crippen molar-refractivity contribution < 1.29 is 18.7 Å². The van der Waals surface area contributed by atoms with Gasteiger partial charge in [-0.3, -0.25) is 4.79 Å². The number of hydrogen-bond acceptors (Lipinski definition) is 5. The minimum Gasteiger partial charge on any atom is -0.460 e. The van der Waals surface area contributed by atoms with Crippen molar-refractivity contribution in [1.29, 1.82) is 0 Å². The lowest BCUT2D eigenvalue weighted by Crippen LogP contribution is -2.06. The molecule has 1 heterocycles. The van der Waals surface area contributed by atoms with E-state index in [-0.39, 0.29) is 22.5 Å². The molecule has 0 saturated heterocycles. The molecule has 0 atom stereocenters. The second-order valence-electron chi connectivity index (χ2n) is 7.44. The molecule has 166 valence electrons. The zero-order valence-electron chi connectivity index (χ0n) is 17.7. The third kappa shape index (κ3) is 4.49. The molecule has 0 aliphatic heterocycles. The molecule has 0 aliphatic carbocycles. The van der Waals surface area contributed by atoms with Gasteiger partial charge in [0, 0.05) is 12.1 Å². The maximum absolute atomic E-state index is 12.8. The van der Waals surface area contributed by atoms with Crippen LogP contribution < -0.4 is 14.9 Å². The fraction of sp³-hybridized carbons (Fsp3) is 0. The fourth-order valence-corrected chi connectivity index (χ4v) is 3.94. The van der Waals surface area contributed by atoms with Crippen LogP contribution in [0.4, 0.5) is 0 Å². The zero-order chi connectivity index (χ0) is 23.5. The molecular weight excluding hydrogens is 496 g/mol. The number of hydrogen-bond donors (Lipinski definition) is 0. The number of esters is 1. The SMILES string of the molecule is O=C(/C=C/c1cccc2ccccc12)Oc1ccc2c(=O)c(Oc3ccccc3Br)coc2c1. The summed E-state index contributed by atoms with van der Waals surface area (Å²) < 4.78 is 17.4. The first kappa shape index (κ1) is 21.7. The minimum atomic E-state index is -0.538. The predicted octanol–water partition coefficient (Wildman–Crippen LogP) is 7.12. The molecule has 5 aromatic rings. The van der Waals surface area contributed by atoms with Crippen molar-refractivity contribution in [2.75, 3.05) is 0 Å². The second kappa shape index (κ2) is 9.37. The van der Waals surface area contributed by atoms with Gasteiger partial charge in [-0.1, -0.05) is 54.6 Å². The summed E-state index contributed by atoms with van der Waals surface area (Å²) in [7, 11) is 0. The van der Waals surface area contributed by atoms with Gasteiger partial charge in [0.2, 0.25) is 11.2 Å². The second-order valence-corrected chi connectivity index (χ2v) is 8.30. The van der Waals surface area contributed by atoms with Crippen LogP contribution >= 0.6 is 15.9 Å². The highest BCUT2D eigenvalue weighted by Crippen LogP contribution is 2.29. The first-order valence-electron chi connectivity index (χ1n) is 10.4. The number of para-hydroxylation sites is 1. The van der Waals surface area contributed by atoms with Gasteiger partial charge in [-0.05, 0) is 62.6 Å². The Hall–Kier alpha value is -4.16. The smallest absolute Gasteiger partial charge is 0.336 e. The predicted molar refractivity (Wildman–Crippen MR) is 135 cm³/mol. The summed E-state index contributed by atoms with van der Waals surface area (Å²) >= 11 is 3.39. The third-order valence-corrected chi connectivity index (χ3v) is 5.87. The fourth-order valence-electron chi connectivity index (χ4n) is 3.57. The first-order valence-corrected chi connectivity index (χ1v) is 11.2. The maximum Gasteiger partial charge on any atom is 0.336 e. The van der Waals surface area contributed by atoms with E-state index in [9.17, 15) is 9.59 Å². The molecule has 0 N–H and O–H groups in total. The maximum atomic E-state index is 12.8. The van der Waals surface area contributed by atoms with Crippen LogP contribution in [0.5, 0.6) is 17.2 Å². The van der Waals surface area contributed by atoms with Gasteiger partial charge in [0.1, 0.15) is 23.3 Å². The molecule has 6 heteroatoms. The average Bonchev–Trinajstić information content (AvgIpc) is 2.85. The van der Waals surface area contributed by atoms with Crippen molar-refractivity contribution in [3.8, 4) is 17.2 Å². The van der Waals surface area contributed by atoms with E-state index in [1.165, 1.54) is 18.4 Å². The summed E-state index contributed by atoms with van der Waals surface area (Å²) in [5.41, 5.74) is 0.871. The summed E-state index contributed by atoms with van der Waals surface area (Å²) in [5.74, 6) is 0.283. The van der Waals surface area contributed by atoms with Gasteiger partial charge in [0.25, 0.3) is 0 Å². The topological polar surface area (TPSA) is 65.7 Å². The van der Waals surface area contributed by atoms with Crippen LogP contribution in [0, 0.1) is 0 Å². The van der Waals surface area contributed by atoms with Gasteiger partial charge in [0.15, 0.2) is 0 Å². The molecule has 0 saturated carbocycles. The molecule has 0 radical (unpaired) electrons. The number of carbonyl (C=O) groups excluding carboxylic acids is 1. The van der Waals surface area contributed by atoms with E-state index in [1.54, 1.807) is 30.3 Å². The highest BCUT2D eigenvalue weighted by molar-refractivity contribution is 9.10. The van der Waals surface area contributed by atoms with E-state index in [0.717, 1.165) is 16.3 Å². The number of rotatable bonds is 5. The van der Waals surface area contributed by atoms with Crippen LogP contribution in [-0.2, 0) is 4.79 Å². The highest BCUT2D eigenvalue weighted by atomic mass is 79.9. The van der Waals surface area contributed by atoms with E-state index in [4.69, 9.17) is 13.9 Å². The Labute approximate surface area is 203 Å². The van der Waals surface area contributed by atoms with Gasteiger partial charge in [-0.2, -0.15) is 0 Å². The minimum absolute atomic E-state index is 0.0576. The number of fused-ring (bicyclic) bond motifs is 2. The van der Waals surface area contributed by atoms with Crippen LogP contribution in [0.3, 0.4) is 0 Å². The van der Waals surface area contributed by atoms with E-state index in [2.05, 4.69) is 15.9 Å². The van der Waals surface area contributed by atoms with Gasteiger partial charge in [-0.15, -0.1) is 0 Å². The number of ether oxygens (including phenoxy) is 2. The van der Waals surface area contributed by atoms with Crippen molar-refractivity contribution in [3.63, 3.8) is 0 Å². The van der Waals surface area contributed by atoms with Gasteiger partial charge in [0.05, 0.1) is 9.86 Å². The molecule has 34 heavy (non-hydrogen) atoms. The van der Waals surface area contributed by atoms with Gasteiger partial charge < -0.3 is 13.9 Å². The summed E-state index contributed by atoms with van der Waals surface area (Å²) in [6.07, 6.45) is 4.34. The monoisotopic (exact) mass is 512 g/mol. The Kier molecular flexibility index (Phi) is 5.97. The Balaban J connectivity index is 1.35. The highest BCUT2D eigenvalue weighted by Gasteiger charge is 2.12. The first-order chi connectivity index (χ1) is 16.6. The molecule has 0 bridgehead atoms. The number of halogens is 1. The van der Waals surface area contributed by atoms with E-state index in [0.29, 0.717) is 15.6 Å². The lowest BCUT2D eigenvalue weighted by atomic mass is 10.0. The quantitative estimate of drug-likeness (QED) is 0.142. The molecule has 5 nitrogen and oxygen atoms in total. The molecular formula is C28H17BrO5. The standard InChI is InChI=1S/C28H17BrO5/c29-23-10-3-4-11-24(23)34-26-17-32-25-16-20(13-14-22(25)28(26)31)33-27(30)15-12-19-8-5-7-18-6-1-2-9-21(18)19/h1-17H/b15-12+. The van der Waals surface area contributed by atoms with Crippen LogP contribution in [0.25, 0.3) is 27.8 Å². The lowest BCUT2D eigenvalue weighted by molar-refractivity contribution is -0.128. The molecule has 0 fully saturated rings. The van der Waals surface area contributed by atoms with E-state index in [1.807, 2.05) is 54.6 Å². The molecule has 0 unspecified atom stereocenters. The summed E-state index contributed by atoms with van der Waals surface area (Å²) in [6, 6.07) is 25.6. The van der Waals surface area contributed by atoms with Gasteiger partial charge in [-0.25, -0.2) is 4.79 Å². The molecule has 0 amide bonds. The summed E-state index contributed by atoms with van der Waals surface area (Å²) in [5, 5.41) is 2.45. The molecule has 0 spiro atoms. The molecule has 1 aromatic heterocycles. The average molecular weight is 513 g/mol. The Morgan fingerprint density at radius 1 is 0.853 bits per heavy atom. The molecule has 5 rings (SSSR count). The Bertz CT molecular complexity index is 1610. The van der Waals surface area contributed by atoms with Crippen LogP contribution in [-0.4, -0.2) is 5.97 Å². The molecule has 4 aromatic carbocycles. The van der Waals surface area contributed by atoms with Gasteiger partial charge >= 0.3 is 5.97 Å². The van der Waals surface area contributed by atoms with E-state index >= 15 is 0 Å². The number of benzene rings is 4. The van der Waals surface area contributed by atoms with Crippen LogP contribution in [0.1, 0.15) is 5.56 Å². The molecule has 0 aliphatic rings. The largest absolute Gasteiger partial charge is 0.460 e. The summed E-state index contributed by atoms with van der Waals surface area (Å²) in [6.45, 7) is 0. The Morgan fingerprint density at radius 2 is 1.65 bits per heavy atom. The third-order valence-electron chi connectivity index (χ3n) is 5.21. The number of carbonyl (C=O) groups is 1. The normalized spacial score (nSPS) is 11.2. The van der Waals surface area contributed by atoms with Crippen molar-refractivity contribution in [2.45, 2.75) is 0 Å². The zero-order valence-corrected chi connectivity index (χ0v) is 19.3. The van der Waals surface area contributed by atoms with E-state index < -0.39 is 5.97 Å². The Morgan fingerprint density at radius 3 is 2.53 bits per heavy atom. The summed E-state index contributed by atoms with van der Waals surface area (Å²) in [4.78, 5) is 25.2. The van der Waals surface area contributed by atoms with Crippen molar-refractivity contribution >= 4 is 49.7 Å². The van der Waals surface area contributed by atoms with Crippen LogP contribution in [0.2, 0.25) is 0 Å². The van der Waals surface area contributed by atoms with Crippen molar-refractivity contribution in [2.24, 2.45) is 0 Å². The van der Waals surface area contributed by atoms with Crippen LogP contribution in [0.15, 0.2) is 111 Å².